The van der Waals surface area contributed by atoms with Gasteiger partial charge in [0.25, 0.3) is 0 Å². The van der Waals surface area contributed by atoms with Crippen LogP contribution in [0.15, 0.2) is 11.6 Å². The van der Waals surface area contributed by atoms with Gasteiger partial charge in [-0.05, 0) is 81.1 Å². The maximum absolute atomic E-state index is 12.2. The minimum Gasteiger partial charge on any atom is -0.395 e. The van der Waals surface area contributed by atoms with Crippen molar-refractivity contribution in [3.8, 4) is 0 Å². The van der Waals surface area contributed by atoms with Gasteiger partial charge in [-0.3, -0.25) is 9.59 Å². The topological polar surface area (TPSA) is 54.4 Å². The van der Waals surface area contributed by atoms with Crippen LogP contribution in [0.3, 0.4) is 0 Å². The first-order chi connectivity index (χ1) is 11.4. The molecule has 6 atom stereocenters. The third-order valence-corrected chi connectivity index (χ3v) is 8.46. The van der Waals surface area contributed by atoms with Crippen molar-refractivity contribution in [1.29, 1.82) is 0 Å². The fourth-order valence-electron chi connectivity index (χ4n) is 7.33. The van der Waals surface area contributed by atoms with Gasteiger partial charge in [-0.1, -0.05) is 12.5 Å². The minimum atomic E-state index is -0.146. The summed E-state index contributed by atoms with van der Waals surface area (Å²) in [7, 11) is 0. The molecule has 0 aromatic rings. The van der Waals surface area contributed by atoms with E-state index in [4.69, 9.17) is 0 Å². The largest absolute Gasteiger partial charge is 0.395 e. The molecule has 4 aliphatic carbocycles. The summed E-state index contributed by atoms with van der Waals surface area (Å²) >= 11 is 0. The molecular formula is C21H30O3. The number of hydrogen-bond donors (Lipinski definition) is 1. The zero-order valence-corrected chi connectivity index (χ0v) is 15.0. The summed E-state index contributed by atoms with van der Waals surface area (Å²) in [4.78, 5) is 24.1. The Hall–Kier alpha value is -0.960. The molecule has 0 aliphatic heterocycles. The molecule has 3 heteroatoms. The Balaban J connectivity index is 1.69. The van der Waals surface area contributed by atoms with Crippen molar-refractivity contribution in [1.82, 2.24) is 0 Å². The van der Waals surface area contributed by atoms with Gasteiger partial charge in [-0.25, -0.2) is 0 Å². The molecule has 4 rings (SSSR count). The molecule has 3 nitrogen and oxygen atoms in total. The Labute approximate surface area is 144 Å². The second kappa shape index (κ2) is 5.52. The lowest BCUT2D eigenvalue weighted by Gasteiger charge is -2.58. The molecule has 4 aliphatic rings. The van der Waals surface area contributed by atoms with Crippen molar-refractivity contribution in [2.24, 2.45) is 34.5 Å². The lowest BCUT2D eigenvalue weighted by molar-refractivity contribution is -0.130. The van der Waals surface area contributed by atoms with Crippen LogP contribution in [0.4, 0.5) is 0 Å². The molecule has 0 unspecified atom stereocenters. The maximum atomic E-state index is 12.2. The molecule has 3 fully saturated rings. The van der Waals surface area contributed by atoms with Gasteiger partial charge in [0.1, 0.15) is 5.78 Å². The van der Waals surface area contributed by atoms with E-state index in [1.54, 1.807) is 6.92 Å². The van der Waals surface area contributed by atoms with Crippen molar-refractivity contribution >= 4 is 11.6 Å². The van der Waals surface area contributed by atoms with Crippen LogP contribution in [0.5, 0.6) is 0 Å². The summed E-state index contributed by atoms with van der Waals surface area (Å²) in [5.74, 6) is 2.58. The summed E-state index contributed by atoms with van der Waals surface area (Å²) in [5, 5.41) is 10.3. The van der Waals surface area contributed by atoms with E-state index < -0.39 is 0 Å². The lowest BCUT2D eigenvalue weighted by Crippen LogP contribution is -2.53. The molecule has 0 radical (unpaired) electrons. The van der Waals surface area contributed by atoms with Crippen LogP contribution in [0.25, 0.3) is 0 Å². The highest BCUT2D eigenvalue weighted by Gasteiger charge is 2.60. The van der Waals surface area contributed by atoms with Crippen LogP contribution in [0.1, 0.15) is 65.2 Å². The molecule has 132 valence electrons. The molecule has 0 bridgehead atoms. The number of aliphatic hydroxyl groups excluding tert-OH is 1. The Morgan fingerprint density at radius 2 is 1.96 bits per heavy atom. The van der Waals surface area contributed by atoms with Crippen molar-refractivity contribution in [3.05, 3.63) is 11.6 Å². The molecule has 3 saturated carbocycles. The first-order valence-electron chi connectivity index (χ1n) is 9.77. The normalized spacial score (nSPS) is 47.5. The van der Waals surface area contributed by atoms with Crippen LogP contribution in [-0.2, 0) is 9.59 Å². The predicted octanol–water partition coefficient (Wildman–Crippen LogP) is 3.70. The predicted molar refractivity (Wildman–Crippen MR) is 92.3 cm³/mol. The molecule has 0 aromatic carbocycles. The average molecular weight is 330 g/mol. The van der Waals surface area contributed by atoms with Crippen LogP contribution in [-0.4, -0.2) is 23.3 Å². The molecule has 0 heterocycles. The molecular weight excluding hydrogens is 300 g/mol. The lowest BCUT2D eigenvalue weighted by atomic mass is 9.46. The summed E-state index contributed by atoms with van der Waals surface area (Å²) < 4.78 is 0. The Kier molecular flexibility index (Phi) is 3.80. The molecule has 0 amide bonds. The first kappa shape index (κ1) is 16.5. The maximum Gasteiger partial charge on any atom is 0.155 e. The van der Waals surface area contributed by atoms with E-state index in [9.17, 15) is 14.7 Å². The number of Topliss-reactive ketones (excluding diaryl/α,β-unsaturated/α-hetero) is 1. The zero-order chi connectivity index (χ0) is 17.1. The highest BCUT2D eigenvalue weighted by Crippen LogP contribution is 2.66. The smallest absolute Gasteiger partial charge is 0.155 e. The van der Waals surface area contributed by atoms with Gasteiger partial charge in [0.2, 0.25) is 0 Å². The summed E-state index contributed by atoms with van der Waals surface area (Å²) in [6.45, 7) is 4.31. The number of aliphatic hydroxyl groups is 1. The Bertz CT molecular complexity index is 606. The fraction of sp³-hybridized carbons (Fsp3) is 0.810. The number of carbonyl (C=O) groups is 2. The van der Waals surface area contributed by atoms with E-state index in [0.29, 0.717) is 30.0 Å². The standard InChI is InChI=1S/C21H30O3/c1-13(23)17-5-6-18-16-4-3-14-11-15(24)7-10-21(14,12-22)19(16)8-9-20(17,18)2/h11,16-19,22H,3-10,12H2,1-2H3/t16-,17+,18-,19-,20+,21+/m1/s1. The van der Waals surface area contributed by atoms with E-state index >= 15 is 0 Å². The second-order valence-corrected chi connectivity index (χ2v) is 9.15. The van der Waals surface area contributed by atoms with Gasteiger partial charge in [0, 0.05) is 17.8 Å². The molecule has 24 heavy (non-hydrogen) atoms. The average Bonchev–Trinajstić information content (AvgIpc) is 2.91. The summed E-state index contributed by atoms with van der Waals surface area (Å²) in [5.41, 5.74) is 1.24. The van der Waals surface area contributed by atoms with Crippen LogP contribution < -0.4 is 0 Å². The molecule has 1 N–H and O–H groups in total. The first-order valence-corrected chi connectivity index (χ1v) is 9.77. The number of ketones is 2. The molecule has 0 aromatic heterocycles. The number of carbonyl (C=O) groups excluding carboxylic acids is 2. The minimum absolute atomic E-state index is 0.146. The van der Waals surface area contributed by atoms with E-state index in [-0.39, 0.29) is 29.1 Å². The van der Waals surface area contributed by atoms with Crippen molar-refractivity contribution in [2.75, 3.05) is 6.61 Å². The van der Waals surface area contributed by atoms with E-state index in [1.807, 2.05) is 6.08 Å². The second-order valence-electron chi connectivity index (χ2n) is 9.15. The number of fused-ring (bicyclic) bond motifs is 5. The van der Waals surface area contributed by atoms with Crippen LogP contribution in [0, 0.1) is 34.5 Å². The van der Waals surface area contributed by atoms with Gasteiger partial charge in [0.15, 0.2) is 5.78 Å². The van der Waals surface area contributed by atoms with Crippen molar-refractivity contribution in [2.45, 2.75) is 65.2 Å². The van der Waals surface area contributed by atoms with Gasteiger partial charge < -0.3 is 5.11 Å². The van der Waals surface area contributed by atoms with Crippen LogP contribution >= 0.6 is 0 Å². The van der Waals surface area contributed by atoms with E-state index in [1.165, 1.54) is 12.0 Å². The highest BCUT2D eigenvalue weighted by atomic mass is 16.3. The van der Waals surface area contributed by atoms with Gasteiger partial charge in [-0.15, -0.1) is 0 Å². The SMILES string of the molecule is CC(=O)[C@@H]1CC[C@@H]2[C@H]3CCC4=CC(=O)CC[C@@]4(CO)[C@@H]3CC[C@]21C. The van der Waals surface area contributed by atoms with Crippen molar-refractivity contribution < 1.29 is 14.7 Å². The van der Waals surface area contributed by atoms with Gasteiger partial charge in [-0.2, -0.15) is 0 Å². The summed E-state index contributed by atoms with van der Waals surface area (Å²) in [6.07, 6.45) is 9.80. The Morgan fingerprint density at radius 3 is 2.67 bits per heavy atom. The van der Waals surface area contributed by atoms with Crippen molar-refractivity contribution in [3.63, 3.8) is 0 Å². The number of rotatable bonds is 2. The number of hydrogen-bond acceptors (Lipinski definition) is 3. The third-order valence-electron chi connectivity index (χ3n) is 8.46. The molecule has 0 spiro atoms. The van der Waals surface area contributed by atoms with Crippen LogP contribution in [0.2, 0.25) is 0 Å². The van der Waals surface area contributed by atoms with E-state index in [0.717, 1.165) is 38.5 Å². The van der Waals surface area contributed by atoms with E-state index in [2.05, 4.69) is 6.92 Å². The summed E-state index contributed by atoms with van der Waals surface area (Å²) in [6, 6.07) is 0. The Morgan fingerprint density at radius 1 is 1.17 bits per heavy atom. The van der Waals surface area contributed by atoms with Gasteiger partial charge in [0.05, 0.1) is 6.61 Å². The highest BCUT2D eigenvalue weighted by molar-refractivity contribution is 5.91. The fourth-order valence-corrected chi connectivity index (χ4v) is 7.33. The van der Waals surface area contributed by atoms with Gasteiger partial charge >= 0.3 is 0 Å². The third kappa shape index (κ3) is 2.06. The molecule has 0 saturated heterocycles. The zero-order valence-electron chi connectivity index (χ0n) is 15.0. The monoisotopic (exact) mass is 330 g/mol. The quantitative estimate of drug-likeness (QED) is 0.840.